The maximum Gasteiger partial charge on any atom is 0.265 e. The van der Waals surface area contributed by atoms with Gasteiger partial charge in [0.15, 0.2) is 0 Å². The first-order valence-corrected chi connectivity index (χ1v) is 15.6. The summed E-state index contributed by atoms with van der Waals surface area (Å²) in [5, 5.41) is 0. The lowest BCUT2D eigenvalue weighted by molar-refractivity contribution is 0.0827. The van der Waals surface area contributed by atoms with Crippen LogP contribution in [0.15, 0.2) is 89.8 Å². The van der Waals surface area contributed by atoms with Crippen molar-refractivity contribution < 1.29 is 22.7 Å². The maximum atomic E-state index is 13.8. The van der Waals surface area contributed by atoms with E-state index < -0.39 is 10.0 Å². The second-order valence-electron chi connectivity index (χ2n) is 11.0. The van der Waals surface area contributed by atoms with Gasteiger partial charge in [-0.2, -0.15) is 0 Å². The summed E-state index contributed by atoms with van der Waals surface area (Å²) in [7, 11) is 4.57. The Morgan fingerprint density at radius 3 is 2.33 bits per heavy atom. The van der Waals surface area contributed by atoms with Crippen LogP contribution >= 0.6 is 0 Å². The number of carbonyl (C=O) groups excluding carboxylic acids is 1. The molecule has 1 N–H and O–H groups in total. The minimum Gasteiger partial charge on any atom is -0.497 e. The molecule has 224 valence electrons. The molecule has 0 saturated carbocycles. The zero-order chi connectivity index (χ0) is 30.7. The summed E-state index contributed by atoms with van der Waals surface area (Å²) in [6.07, 6.45) is 1.90. The molecule has 43 heavy (non-hydrogen) atoms. The predicted octanol–water partition coefficient (Wildman–Crippen LogP) is 5.99. The number of benzene rings is 4. The second kappa shape index (κ2) is 12.5. The summed E-state index contributed by atoms with van der Waals surface area (Å²) < 4.78 is 41.0. The van der Waals surface area contributed by atoms with Crippen molar-refractivity contribution in [3.8, 4) is 22.6 Å². The van der Waals surface area contributed by atoms with Crippen LogP contribution in [0.5, 0.6) is 11.5 Å². The van der Waals surface area contributed by atoms with Gasteiger partial charge in [-0.15, -0.1) is 0 Å². The van der Waals surface area contributed by atoms with E-state index in [1.165, 1.54) is 23.1 Å². The fourth-order valence-corrected chi connectivity index (χ4v) is 6.84. The Kier molecular flexibility index (Phi) is 8.75. The number of methoxy groups -OCH3 is 2. The average molecular weight is 600 g/mol. The molecule has 1 amide bonds. The van der Waals surface area contributed by atoms with Gasteiger partial charge in [-0.25, -0.2) is 8.42 Å². The minimum atomic E-state index is -4.01. The zero-order valence-corrected chi connectivity index (χ0v) is 25.9. The van der Waals surface area contributed by atoms with E-state index in [1.807, 2.05) is 36.4 Å². The fourth-order valence-electron chi connectivity index (χ4n) is 5.60. The molecule has 0 saturated heterocycles. The van der Waals surface area contributed by atoms with Crippen molar-refractivity contribution in [3.05, 3.63) is 107 Å². The van der Waals surface area contributed by atoms with Crippen LogP contribution in [-0.4, -0.2) is 59.5 Å². The van der Waals surface area contributed by atoms with Crippen molar-refractivity contribution in [3.63, 3.8) is 0 Å². The first kappa shape index (κ1) is 30.1. The highest BCUT2D eigenvalue weighted by Gasteiger charge is 2.28. The number of aryl methyl sites for hydroxylation is 1. The lowest BCUT2D eigenvalue weighted by atomic mass is 10.0. The number of carbonyl (C=O) groups is 1. The van der Waals surface area contributed by atoms with E-state index in [2.05, 4.69) is 28.8 Å². The van der Waals surface area contributed by atoms with Gasteiger partial charge < -0.3 is 14.4 Å². The second-order valence-corrected chi connectivity index (χ2v) is 12.6. The largest absolute Gasteiger partial charge is 0.497 e. The molecule has 0 fully saturated rings. The summed E-state index contributed by atoms with van der Waals surface area (Å²) in [6.45, 7) is 0.759. The number of amides is 1. The molecular formula is C34H37N3O5S. The summed E-state index contributed by atoms with van der Waals surface area (Å²) in [4.78, 5) is 16.3. The van der Waals surface area contributed by atoms with Gasteiger partial charge in [0.1, 0.15) is 16.4 Å². The highest BCUT2D eigenvalue weighted by molar-refractivity contribution is 7.92. The van der Waals surface area contributed by atoms with E-state index in [-0.39, 0.29) is 22.6 Å². The molecule has 0 aromatic heterocycles. The molecule has 0 aliphatic heterocycles. The lowest BCUT2D eigenvalue weighted by Crippen LogP contribution is -2.22. The van der Waals surface area contributed by atoms with Gasteiger partial charge in [-0.1, -0.05) is 36.4 Å². The molecule has 1 aliphatic carbocycles. The zero-order valence-electron chi connectivity index (χ0n) is 25.1. The van der Waals surface area contributed by atoms with E-state index >= 15 is 0 Å². The summed E-state index contributed by atoms with van der Waals surface area (Å²) in [6, 6.07) is 26.1. The number of sulfonamides is 1. The Balaban J connectivity index is 1.40. The van der Waals surface area contributed by atoms with Crippen molar-refractivity contribution in [2.45, 2.75) is 30.3 Å². The normalized spacial score (nSPS) is 14.3. The quantitative estimate of drug-likeness (QED) is 0.241. The number of nitrogens with zero attached hydrogens (tertiary/aromatic N) is 2. The molecule has 8 nitrogen and oxygen atoms in total. The van der Waals surface area contributed by atoms with Crippen LogP contribution in [0.1, 0.15) is 39.5 Å². The van der Waals surface area contributed by atoms with Crippen molar-refractivity contribution >= 4 is 21.6 Å². The topological polar surface area (TPSA) is 88.2 Å². The first-order valence-electron chi connectivity index (χ1n) is 14.1. The number of hydrogen-bond donors (Lipinski definition) is 1. The Morgan fingerprint density at radius 1 is 0.884 bits per heavy atom. The Labute approximate surface area is 253 Å². The molecule has 0 heterocycles. The maximum absolute atomic E-state index is 13.8. The van der Waals surface area contributed by atoms with Crippen molar-refractivity contribution in [1.29, 1.82) is 0 Å². The smallest absolute Gasteiger partial charge is 0.265 e. The average Bonchev–Trinajstić information content (AvgIpc) is 3.44. The van der Waals surface area contributed by atoms with Gasteiger partial charge in [0.25, 0.3) is 15.9 Å². The van der Waals surface area contributed by atoms with Gasteiger partial charge in [-0.05, 0) is 96.2 Å². The van der Waals surface area contributed by atoms with Gasteiger partial charge >= 0.3 is 0 Å². The number of ether oxygens (including phenoxy) is 2. The number of hydrogen-bond acceptors (Lipinski definition) is 6. The fraction of sp³-hybridized carbons (Fsp3) is 0.265. The molecule has 4 aromatic carbocycles. The van der Waals surface area contributed by atoms with E-state index in [0.717, 1.165) is 36.3 Å². The molecule has 5 rings (SSSR count). The molecule has 1 aliphatic rings. The summed E-state index contributed by atoms with van der Waals surface area (Å²) >= 11 is 0. The monoisotopic (exact) mass is 599 g/mol. The molecule has 4 aromatic rings. The van der Waals surface area contributed by atoms with Crippen LogP contribution in [0.2, 0.25) is 0 Å². The Bertz CT molecular complexity index is 1740. The number of anilines is 1. The van der Waals surface area contributed by atoms with Gasteiger partial charge in [0.05, 0.1) is 14.2 Å². The summed E-state index contributed by atoms with van der Waals surface area (Å²) in [5.74, 6) is 0.925. The number of nitrogens with one attached hydrogen (secondary N) is 1. The minimum absolute atomic E-state index is 0.0190. The van der Waals surface area contributed by atoms with Crippen LogP contribution in [0, 0.1) is 0 Å². The third-order valence-electron chi connectivity index (χ3n) is 7.87. The Morgan fingerprint density at radius 2 is 1.63 bits per heavy atom. The van der Waals surface area contributed by atoms with Crippen molar-refractivity contribution in [1.82, 2.24) is 9.80 Å². The van der Waals surface area contributed by atoms with Crippen LogP contribution in [-0.2, 0) is 23.0 Å². The van der Waals surface area contributed by atoms with Gasteiger partial charge in [0.2, 0.25) is 0 Å². The van der Waals surface area contributed by atoms with E-state index in [0.29, 0.717) is 16.8 Å². The van der Waals surface area contributed by atoms with Crippen LogP contribution in [0.3, 0.4) is 0 Å². The highest BCUT2D eigenvalue weighted by Crippen LogP contribution is 2.38. The first-order chi connectivity index (χ1) is 20.6. The number of fused-ring (bicyclic) bond motifs is 1. The highest BCUT2D eigenvalue weighted by atomic mass is 32.2. The van der Waals surface area contributed by atoms with Crippen molar-refractivity contribution in [2.75, 3.05) is 40.1 Å². The van der Waals surface area contributed by atoms with E-state index in [1.54, 1.807) is 57.6 Å². The Hall–Kier alpha value is -4.34. The van der Waals surface area contributed by atoms with Gasteiger partial charge in [0, 0.05) is 37.9 Å². The van der Waals surface area contributed by atoms with E-state index in [4.69, 9.17) is 9.47 Å². The van der Waals surface area contributed by atoms with Crippen LogP contribution in [0.25, 0.3) is 11.1 Å². The molecule has 0 spiro atoms. The molecule has 9 heteroatoms. The lowest BCUT2D eigenvalue weighted by Gasteiger charge is -2.26. The van der Waals surface area contributed by atoms with Gasteiger partial charge in [-0.3, -0.25) is 14.4 Å². The predicted molar refractivity (Wildman–Crippen MR) is 169 cm³/mol. The molecule has 0 bridgehead atoms. The summed E-state index contributed by atoms with van der Waals surface area (Å²) in [5.41, 5.74) is 5.92. The standard InChI is InChI=1S/C34H37N3O5S/c1-36(2)34(38)27-8-6-7-25(19-27)26-13-18-32(42-5)33(20-26)43(39,40)35-28-14-11-24-12-17-31(30(24)21-28)37(3)22-23-9-15-29(41-4)16-10-23/h6-11,13-16,18-21,31,35H,12,17,22H2,1-5H3. The van der Waals surface area contributed by atoms with E-state index in [9.17, 15) is 13.2 Å². The van der Waals surface area contributed by atoms with Crippen LogP contribution < -0.4 is 14.2 Å². The molecule has 1 unspecified atom stereocenters. The van der Waals surface area contributed by atoms with Crippen molar-refractivity contribution in [2.24, 2.45) is 0 Å². The molecule has 0 radical (unpaired) electrons. The third kappa shape index (κ3) is 6.53. The van der Waals surface area contributed by atoms with Crippen LogP contribution in [0.4, 0.5) is 5.69 Å². The number of rotatable bonds is 10. The molecule has 1 atom stereocenters. The molecular weight excluding hydrogens is 562 g/mol. The third-order valence-corrected chi connectivity index (χ3v) is 9.27. The SMILES string of the molecule is COc1ccc(CN(C)C2CCc3ccc(NS(=O)(=O)c4cc(-c5cccc(C(=O)N(C)C)c5)ccc4OC)cc32)cc1.